The van der Waals surface area contributed by atoms with Crippen LogP contribution >= 0.6 is 0 Å². The molecule has 0 radical (unpaired) electrons. The van der Waals surface area contributed by atoms with E-state index in [1.807, 2.05) is 18.2 Å². The van der Waals surface area contributed by atoms with Crippen LogP contribution in [-0.4, -0.2) is 58.4 Å². The van der Waals surface area contributed by atoms with E-state index < -0.39 is 16.1 Å². The highest BCUT2D eigenvalue weighted by Crippen LogP contribution is 2.38. The van der Waals surface area contributed by atoms with Crippen LogP contribution in [0.3, 0.4) is 0 Å². The second-order valence-electron chi connectivity index (χ2n) is 8.50. The van der Waals surface area contributed by atoms with Gasteiger partial charge in [-0.2, -0.15) is 0 Å². The van der Waals surface area contributed by atoms with Crippen molar-refractivity contribution < 1.29 is 22.7 Å². The molecule has 3 atom stereocenters. The summed E-state index contributed by atoms with van der Waals surface area (Å²) in [6, 6.07) is 7.86. The number of carbonyl (C=O) groups is 1. The van der Waals surface area contributed by atoms with Gasteiger partial charge in [-0.1, -0.05) is 18.2 Å². The molecule has 1 heterocycles. The van der Waals surface area contributed by atoms with E-state index in [1.165, 1.54) is 6.26 Å². The van der Waals surface area contributed by atoms with E-state index in [-0.39, 0.29) is 18.2 Å². The lowest BCUT2D eigenvalue weighted by atomic mass is 9.82. The molecule has 0 spiro atoms. The lowest BCUT2D eigenvalue weighted by molar-refractivity contribution is -0.113. The van der Waals surface area contributed by atoms with Crippen LogP contribution in [0.2, 0.25) is 0 Å². The number of aldehydes is 1. The molecule has 0 bridgehead atoms. The highest BCUT2D eigenvalue weighted by molar-refractivity contribution is 7.88. The van der Waals surface area contributed by atoms with Crippen molar-refractivity contribution in [1.82, 2.24) is 10.0 Å². The molecule has 0 aromatic heterocycles. The zero-order valence-corrected chi connectivity index (χ0v) is 18.7. The van der Waals surface area contributed by atoms with Crippen molar-refractivity contribution in [2.75, 3.05) is 19.4 Å². The predicted molar refractivity (Wildman–Crippen MR) is 116 cm³/mol. The van der Waals surface area contributed by atoms with Gasteiger partial charge in [-0.25, -0.2) is 13.1 Å². The van der Waals surface area contributed by atoms with Crippen molar-refractivity contribution in [3.8, 4) is 5.75 Å². The number of hydrogen-bond donors (Lipinski definition) is 2. The second-order valence-corrected chi connectivity index (χ2v) is 10.3. The number of carbonyl (C=O) groups excluding carboxylic acids is 1. The van der Waals surface area contributed by atoms with Crippen LogP contribution in [0, 0.1) is 0 Å². The molecule has 168 valence electrons. The zero-order valence-electron chi connectivity index (χ0n) is 17.9. The van der Waals surface area contributed by atoms with Gasteiger partial charge in [0.25, 0.3) is 0 Å². The zero-order chi connectivity index (χ0) is 21.6. The van der Waals surface area contributed by atoms with Crippen LogP contribution in [0.4, 0.5) is 0 Å². The van der Waals surface area contributed by atoms with Crippen LogP contribution in [-0.2, 0) is 19.6 Å². The lowest BCUT2D eigenvalue weighted by Gasteiger charge is -2.35. The highest BCUT2D eigenvalue weighted by atomic mass is 32.2. The van der Waals surface area contributed by atoms with Gasteiger partial charge in [-0.15, -0.1) is 0 Å². The van der Waals surface area contributed by atoms with Gasteiger partial charge in [0.15, 0.2) is 12.4 Å². The van der Waals surface area contributed by atoms with Crippen LogP contribution < -0.4 is 14.8 Å². The first-order valence-corrected chi connectivity index (χ1v) is 12.8. The molecule has 7 nitrogen and oxygen atoms in total. The standard InChI is InChI=1S/C22H34N2O5S/c1-16(14-25)29-22-8-4-3-6-19(22)17-9-11-18(12-10-17)28-15-21-20(7-5-13-23-21)24-30(2,26)27/h3-4,6,8,14,16-18,20-21,23-24H,5,7,9-13,15H2,1-2H3/t16-,17?,18?,20+,21+/m1/s1. The summed E-state index contributed by atoms with van der Waals surface area (Å²) in [5, 5.41) is 3.40. The average Bonchev–Trinajstić information content (AvgIpc) is 2.73. The Morgan fingerprint density at radius 3 is 2.63 bits per heavy atom. The van der Waals surface area contributed by atoms with Gasteiger partial charge < -0.3 is 14.8 Å². The van der Waals surface area contributed by atoms with Crippen molar-refractivity contribution in [3.63, 3.8) is 0 Å². The van der Waals surface area contributed by atoms with E-state index >= 15 is 0 Å². The number of benzene rings is 1. The van der Waals surface area contributed by atoms with E-state index in [9.17, 15) is 13.2 Å². The third kappa shape index (κ3) is 6.77. The fraction of sp³-hybridized carbons (Fsp3) is 0.682. The van der Waals surface area contributed by atoms with Crippen LogP contribution in [0.25, 0.3) is 0 Å². The average molecular weight is 439 g/mol. The molecule has 8 heteroatoms. The fourth-order valence-corrected chi connectivity index (χ4v) is 5.31. The topological polar surface area (TPSA) is 93.7 Å². The van der Waals surface area contributed by atoms with Crippen LogP contribution in [0.15, 0.2) is 24.3 Å². The Labute approximate surface area is 180 Å². The van der Waals surface area contributed by atoms with E-state index in [4.69, 9.17) is 9.47 Å². The summed E-state index contributed by atoms with van der Waals surface area (Å²) in [5.74, 6) is 1.19. The number of piperidine rings is 1. The number of sulfonamides is 1. The SMILES string of the molecule is C[C@H](C=O)Oc1ccccc1C1CCC(OC[C@@H]2NCCC[C@@H]2NS(C)(=O)=O)CC1. The van der Waals surface area contributed by atoms with Gasteiger partial charge in [0.1, 0.15) is 5.75 Å². The first-order valence-electron chi connectivity index (χ1n) is 10.9. The molecule has 2 N–H and O–H groups in total. The first kappa shape index (κ1) is 23.2. The Bertz CT molecular complexity index is 792. The van der Waals surface area contributed by atoms with Gasteiger partial charge in [-0.05, 0) is 69.5 Å². The summed E-state index contributed by atoms with van der Waals surface area (Å²) in [7, 11) is -3.23. The quantitative estimate of drug-likeness (QED) is 0.575. The Morgan fingerprint density at radius 1 is 1.20 bits per heavy atom. The third-order valence-electron chi connectivity index (χ3n) is 6.00. The summed E-state index contributed by atoms with van der Waals surface area (Å²) in [6.45, 7) is 3.15. The van der Waals surface area contributed by atoms with Crippen molar-refractivity contribution in [2.24, 2.45) is 0 Å². The monoisotopic (exact) mass is 438 g/mol. The molecular formula is C22H34N2O5S. The van der Waals surface area contributed by atoms with E-state index in [2.05, 4.69) is 16.1 Å². The second kappa shape index (κ2) is 10.7. The molecule has 3 rings (SSSR count). The van der Waals surface area contributed by atoms with E-state index in [0.29, 0.717) is 12.5 Å². The van der Waals surface area contributed by atoms with Crippen LogP contribution in [0.1, 0.15) is 56.9 Å². The molecule has 1 aliphatic carbocycles. The van der Waals surface area contributed by atoms with Crippen molar-refractivity contribution in [3.05, 3.63) is 29.8 Å². The Kier molecular flexibility index (Phi) is 8.27. The minimum atomic E-state index is -3.23. The maximum absolute atomic E-state index is 11.6. The number of ether oxygens (including phenoxy) is 2. The molecule has 1 saturated heterocycles. The number of para-hydroxylation sites is 1. The van der Waals surface area contributed by atoms with E-state index in [1.54, 1.807) is 6.92 Å². The maximum Gasteiger partial charge on any atom is 0.209 e. The fourth-order valence-electron chi connectivity index (χ4n) is 4.48. The summed E-state index contributed by atoms with van der Waals surface area (Å²) in [5.41, 5.74) is 1.16. The van der Waals surface area contributed by atoms with Crippen molar-refractivity contribution in [1.29, 1.82) is 0 Å². The lowest BCUT2D eigenvalue weighted by Crippen LogP contribution is -2.55. The molecule has 1 aromatic rings. The third-order valence-corrected chi connectivity index (χ3v) is 6.73. The smallest absolute Gasteiger partial charge is 0.209 e. The molecule has 0 unspecified atom stereocenters. The number of nitrogens with one attached hydrogen (secondary N) is 2. The normalized spacial score (nSPS) is 28.6. The molecule has 1 saturated carbocycles. The maximum atomic E-state index is 11.6. The molecule has 2 aliphatic rings. The Hall–Kier alpha value is -1.48. The van der Waals surface area contributed by atoms with Gasteiger partial charge in [-0.3, -0.25) is 4.79 Å². The van der Waals surface area contributed by atoms with Gasteiger partial charge in [0.05, 0.1) is 19.0 Å². The molecule has 2 fully saturated rings. The van der Waals surface area contributed by atoms with Gasteiger partial charge in [0, 0.05) is 12.1 Å². The first-order chi connectivity index (χ1) is 14.4. The molecule has 0 amide bonds. The van der Waals surface area contributed by atoms with Crippen molar-refractivity contribution >= 4 is 16.3 Å². The minimum Gasteiger partial charge on any atom is -0.483 e. The van der Waals surface area contributed by atoms with E-state index in [0.717, 1.165) is 62.7 Å². The summed E-state index contributed by atoms with van der Waals surface area (Å²) in [4.78, 5) is 11.0. The van der Waals surface area contributed by atoms with Crippen LogP contribution in [0.5, 0.6) is 5.75 Å². The molecular weight excluding hydrogens is 404 g/mol. The van der Waals surface area contributed by atoms with Crippen molar-refractivity contribution in [2.45, 2.75) is 75.7 Å². The Balaban J connectivity index is 1.51. The number of rotatable bonds is 9. The van der Waals surface area contributed by atoms with Gasteiger partial charge >= 0.3 is 0 Å². The predicted octanol–water partition coefficient (Wildman–Crippen LogP) is 2.37. The molecule has 1 aromatic carbocycles. The Morgan fingerprint density at radius 2 is 1.93 bits per heavy atom. The summed E-state index contributed by atoms with van der Waals surface area (Å²) in [6.07, 6.45) is 7.46. The van der Waals surface area contributed by atoms with Gasteiger partial charge in [0.2, 0.25) is 10.0 Å². The molecule has 30 heavy (non-hydrogen) atoms. The highest BCUT2D eigenvalue weighted by Gasteiger charge is 2.30. The number of hydrogen-bond acceptors (Lipinski definition) is 6. The summed E-state index contributed by atoms with van der Waals surface area (Å²) >= 11 is 0. The molecule has 1 aliphatic heterocycles. The minimum absolute atomic E-state index is 0.00477. The largest absolute Gasteiger partial charge is 0.483 e. The summed E-state index contributed by atoms with van der Waals surface area (Å²) < 4.78 is 38.0.